The van der Waals surface area contributed by atoms with Crippen LogP contribution in [0.4, 0.5) is 5.95 Å². The Labute approximate surface area is 98.6 Å². The van der Waals surface area contributed by atoms with E-state index in [-0.39, 0.29) is 11.2 Å². The van der Waals surface area contributed by atoms with Gasteiger partial charge in [-0.3, -0.25) is 0 Å². The second kappa shape index (κ2) is 2.86. The molecule has 4 unspecified atom stereocenters. The highest BCUT2D eigenvalue weighted by atomic mass is 35.5. The van der Waals surface area contributed by atoms with Gasteiger partial charge in [-0.05, 0) is 54.5 Å². The molecule has 3 aliphatic carbocycles. The van der Waals surface area contributed by atoms with E-state index in [1.807, 2.05) is 0 Å². The van der Waals surface area contributed by atoms with Gasteiger partial charge in [0.2, 0.25) is 11.2 Å². The van der Waals surface area contributed by atoms with E-state index in [1.165, 1.54) is 19.3 Å². The van der Waals surface area contributed by atoms with E-state index in [9.17, 15) is 0 Å². The van der Waals surface area contributed by atoms with Crippen LogP contribution in [-0.4, -0.2) is 15.0 Å². The molecule has 3 aliphatic rings. The summed E-state index contributed by atoms with van der Waals surface area (Å²) in [4.78, 5) is 12.3. The van der Waals surface area contributed by atoms with Gasteiger partial charge in [-0.2, -0.15) is 9.97 Å². The van der Waals surface area contributed by atoms with Crippen molar-refractivity contribution in [1.29, 1.82) is 0 Å². The Balaban J connectivity index is 1.69. The first-order valence-electron chi connectivity index (χ1n) is 5.91. The quantitative estimate of drug-likeness (QED) is 0.809. The first-order chi connectivity index (χ1) is 7.74. The second-order valence-electron chi connectivity index (χ2n) is 5.33. The smallest absolute Gasteiger partial charge is 0.227 e. The first-order valence-corrected chi connectivity index (χ1v) is 6.29. The maximum absolute atomic E-state index is 5.82. The lowest BCUT2D eigenvalue weighted by atomic mass is 10.0. The molecule has 4 atom stereocenters. The summed E-state index contributed by atoms with van der Waals surface area (Å²) in [5.74, 6) is 5.08. The molecule has 0 radical (unpaired) electrons. The molecule has 16 heavy (non-hydrogen) atoms. The number of fused-ring (bicyclic) bond motifs is 5. The van der Waals surface area contributed by atoms with Crippen LogP contribution in [-0.2, 0) is 0 Å². The van der Waals surface area contributed by atoms with Crippen LogP contribution in [0.25, 0.3) is 0 Å². The van der Waals surface area contributed by atoms with Crippen molar-refractivity contribution >= 4 is 17.5 Å². The standard InChI is InChI=1S/C11H13ClN4/c12-10-14-9(15-11(13)16-10)8-6-4-1-2-5(3-4)7(6)8/h4-8H,1-3H2,(H2,13,14,15,16). The van der Waals surface area contributed by atoms with Crippen molar-refractivity contribution in [2.45, 2.75) is 25.2 Å². The summed E-state index contributed by atoms with van der Waals surface area (Å²) in [5.41, 5.74) is 5.61. The predicted octanol–water partition coefficient (Wildman–Crippen LogP) is 1.87. The molecule has 0 aliphatic heterocycles. The van der Waals surface area contributed by atoms with Gasteiger partial charge < -0.3 is 5.73 Å². The summed E-state index contributed by atoms with van der Waals surface area (Å²) in [6.07, 6.45) is 4.23. The van der Waals surface area contributed by atoms with Gasteiger partial charge in [-0.25, -0.2) is 4.98 Å². The van der Waals surface area contributed by atoms with E-state index < -0.39 is 0 Å². The summed E-state index contributed by atoms with van der Waals surface area (Å²) >= 11 is 5.82. The number of aromatic nitrogens is 3. The van der Waals surface area contributed by atoms with Crippen molar-refractivity contribution in [3.63, 3.8) is 0 Å². The molecule has 0 aromatic carbocycles. The Bertz CT molecular complexity index is 427. The highest BCUT2D eigenvalue weighted by Gasteiger charge is 2.66. The van der Waals surface area contributed by atoms with Crippen molar-refractivity contribution in [3.8, 4) is 0 Å². The minimum Gasteiger partial charge on any atom is -0.368 e. The van der Waals surface area contributed by atoms with Gasteiger partial charge in [0.25, 0.3) is 0 Å². The Morgan fingerprint density at radius 2 is 1.75 bits per heavy atom. The zero-order chi connectivity index (χ0) is 10.9. The third-order valence-corrected chi connectivity index (χ3v) is 4.85. The molecule has 2 bridgehead atoms. The van der Waals surface area contributed by atoms with Crippen LogP contribution in [0.1, 0.15) is 31.0 Å². The number of nitrogens with zero attached hydrogens (tertiary/aromatic N) is 3. The van der Waals surface area contributed by atoms with E-state index in [4.69, 9.17) is 17.3 Å². The second-order valence-corrected chi connectivity index (χ2v) is 5.67. The van der Waals surface area contributed by atoms with Crippen molar-refractivity contribution in [3.05, 3.63) is 11.1 Å². The predicted molar refractivity (Wildman–Crippen MR) is 59.8 cm³/mol. The monoisotopic (exact) mass is 236 g/mol. The molecule has 0 saturated heterocycles. The maximum atomic E-state index is 5.82. The van der Waals surface area contributed by atoms with Crippen LogP contribution in [0.2, 0.25) is 5.28 Å². The molecule has 4 nitrogen and oxygen atoms in total. The van der Waals surface area contributed by atoms with E-state index >= 15 is 0 Å². The normalized spacial score (nSPS) is 43.4. The summed E-state index contributed by atoms with van der Waals surface area (Å²) in [7, 11) is 0. The molecule has 0 amide bonds. The Hall–Kier alpha value is -0.900. The molecule has 3 fully saturated rings. The van der Waals surface area contributed by atoms with Crippen molar-refractivity contribution in [2.75, 3.05) is 5.73 Å². The average molecular weight is 237 g/mol. The lowest BCUT2D eigenvalue weighted by molar-refractivity contribution is 0.456. The summed E-state index contributed by atoms with van der Waals surface area (Å²) in [6, 6.07) is 0. The summed E-state index contributed by atoms with van der Waals surface area (Å²) in [6.45, 7) is 0. The van der Waals surface area contributed by atoms with Gasteiger partial charge in [0.15, 0.2) is 0 Å². The molecule has 2 N–H and O–H groups in total. The number of hydrogen-bond acceptors (Lipinski definition) is 4. The van der Waals surface area contributed by atoms with Gasteiger partial charge in [-0.15, -0.1) is 0 Å². The fraction of sp³-hybridized carbons (Fsp3) is 0.727. The number of nitrogen functional groups attached to an aromatic ring is 1. The Kier molecular flexibility index (Phi) is 1.64. The average Bonchev–Trinajstić information content (AvgIpc) is 2.67. The number of anilines is 1. The fourth-order valence-corrected chi connectivity index (χ4v) is 4.37. The minimum atomic E-state index is 0.236. The molecule has 1 heterocycles. The first kappa shape index (κ1) is 9.16. The lowest BCUT2D eigenvalue weighted by Gasteiger charge is -2.07. The largest absolute Gasteiger partial charge is 0.368 e. The molecule has 1 aromatic rings. The lowest BCUT2D eigenvalue weighted by Crippen LogP contribution is -2.06. The van der Waals surface area contributed by atoms with E-state index in [1.54, 1.807) is 0 Å². The minimum absolute atomic E-state index is 0.236. The number of hydrogen-bond donors (Lipinski definition) is 1. The number of nitrogens with two attached hydrogens (primary N) is 1. The molecule has 5 heteroatoms. The van der Waals surface area contributed by atoms with Crippen molar-refractivity contribution < 1.29 is 0 Å². The Morgan fingerprint density at radius 1 is 1.06 bits per heavy atom. The third-order valence-electron chi connectivity index (χ3n) is 4.68. The topological polar surface area (TPSA) is 64.7 Å². The zero-order valence-corrected chi connectivity index (χ0v) is 9.56. The highest BCUT2D eigenvalue weighted by molar-refractivity contribution is 6.28. The van der Waals surface area contributed by atoms with Crippen molar-refractivity contribution in [2.24, 2.45) is 23.7 Å². The van der Waals surface area contributed by atoms with Gasteiger partial charge in [0, 0.05) is 5.92 Å². The van der Waals surface area contributed by atoms with Crippen LogP contribution >= 0.6 is 11.6 Å². The zero-order valence-electron chi connectivity index (χ0n) is 8.81. The van der Waals surface area contributed by atoms with E-state index in [2.05, 4.69) is 15.0 Å². The number of halogens is 1. The molecule has 0 spiro atoms. The van der Waals surface area contributed by atoms with Crippen LogP contribution in [0, 0.1) is 23.7 Å². The van der Waals surface area contributed by atoms with Gasteiger partial charge in [-0.1, -0.05) is 0 Å². The van der Waals surface area contributed by atoms with E-state index in [0.717, 1.165) is 29.5 Å². The van der Waals surface area contributed by atoms with Gasteiger partial charge in [0.1, 0.15) is 5.82 Å². The molecule has 3 saturated carbocycles. The molecular formula is C11H13ClN4. The van der Waals surface area contributed by atoms with Crippen LogP contribution < -0.4 is 5.73 Å². The van der Waals surface area contributed by atoms with Gasteiger partial charge >= 0.3 is 0 Å². The van der Waals surface area contributed by atoms with E-state index in [0.29, 0.717) is 5.92 Å². The summed E-state index contributed by atoms with van der Waals surface area (Å²) < 4.78 is 0. The van der Waals surface area contributed by atoms with Gasteiger partial charge in [0.05, 0.1) is 0 Å². The summed E-state index contributed by atoms with van der Waals surface area (Å²) in [5, 5.41) is 0.236. The molecule has 84 valence electrons. The highest BCUT2D eigenvalue weighted by Crippen LogP contribution is 2.72. The molecule has 4 rings (SSSR count). The number of rotatable bonds is 1. The maximum Gasteiger partial charge on any atom is 0.227 e. The fourth-order valence-electron chi connectivity index (χ4n) is 4.20. The SMILES string of the molecule is Nc1nc(Cl)nc(C2C3C4CCC(C4)C23)n1. The van der Waals surface area contributed by atoms with Crippen molar-refractivity contribution in [1.82, 2.24) is 15.0 Å². The van der Waals surface area contributed by atoms with Crippen LogP contribution in [0.5, 0.6) is 0 Å². The van der Waals surface area contributed by atoms with Crippen LogP contribution in [0.3, 0.4) is 0 Å². The third kappa shape index (κ3) is 1.08. The molecular weight excluding hydrogens is 224 g/mol. The molecule has 1 aromatic heterocycles. The Morgan fingerprint density at radius 3 is 2.38 bits per heavy atom. The van der Waals surface area contributed by atoms with Crippen LogP contribution in [0.15, 0.2) is 0 Å².